The van der Waals surface area contributed by atoms with Gasteiger partial charge >= 0.3 is 5.97 Å². The molecule has 0 aliphatic heterocycles. The Balaban J connectivity index is 1.99. The first-order chi connectivity index (χ1) is 13.8. The average Bonchev–Trinajstić information content (AvgIpc) is 2.70. The van der Waals surface area contributed by atoms with Crippen molar-refractivity contribution in [2.75, 3.05) is 0 Å². The van der Waals surface area contributed by atoms with Crippen LogP contribution in [0.25, 0.3) is 6.08 Å². The van der Waals surface area contributed by atoms with E-state index in [2.05, 4.69) is 13.2 Å². The minimum absolute atomic E-state index is 0.105. The molecule has 0 aromatic heterocycles. The molecule has 2 aromatic rings. The van der Waals surface area contributed by atoms with Gasteiger partial charge in [-0.1, -0.05) is 25.3 Å². The molecule has 0 aliphatic rings. The molecule has 0 fully saturated rings. The summed E-state index contributed by atoms with van der Waals surface area (Å²) >= 11 is 2.16. The molecule has 0 saturated heterocycles. The number of thioether (sulfide) groups is 2. The smallest absolute Gasteiger partial charge is 0.339 e. The molecule has 0 bridgehead atoms. The average molecular weight is 425 g/mol. The first-order valence-corrected chi connectivity index (χ1v) is 10.2. The molecule has 0 N–H and O–H groups in total. The third-order valence-electron chi connectivity index (χ3n) is 3.56. The number of rotatable bonds is 7. The van der Waals surface area contributed by atoms with Crippen LogP contribution in [-0.2, 0) is 14.4 Å². The lowest BCUT2D eigenvalue weighted by Gasteiger charge is -2.06. The molecule has 4 nitrogen and oxygen atoms in total. The predicted molar refractivity (Wildman–Crippen MR) is 119 cm³/mol. The van der Waals surface area contributed by atoms with Crippen LogP contribution in [0.3, 0.4) is 0 Å². The lowest BCUT2D eigenvalue weighted by Crippen LogP contribution is -2.09. The van der Waals surface area contributed by atoms with E-state index in [-0.39, 0.29) is 10.2 Å². The number of benzene rings is 2. The van der Waals surface area contributed by atoms with Gasteiger partial charge in [0.05, 0.1) is 0 Å². The molecular formula is C23H20O4S2. The van der Waals surface area contributed by atoms with Gasteiger partial charge in [0.2, 0.25) is 10.2 Å². The van der Waals surface area contributed by atoms with Crippen LogP contribution in [0.5, 0.6) is 5.75 Å². The van der Waals surface area contributed by atoms with E-state index < -0.39 is 5.97 Å². The van der Waals surface area contributed by atoms with Crippen molar-refractivity contribution in [3.05, 3.63) is 84.5 Å². The summed E-state index contributed by atoms with van der Waals surface area (Å²) in [4.78, 5) is 36.9. The number of carbonyl (C=O) groups excluding carboxylic acids is 3. The normalized spacial score (nSPS) is 10.9. The highest BCUT2D eigenvalue weighted by Crippen LogP contribution is 2.25. The van der Waals surface area contributed by atoms with Crippen molar-refractivity contribution >= 4 is 45.8 Å². The van der Waals surface area contributed by atoms with E-state index in [4.69, 9.17) is 4.74 Å². The highest BCUT2D eigenvalue weighted by Gasteiger charge is 2.10. The quantitative estimate of drug-likeness (QED) is 0.246. The van der Waals surface area contributed by atoms with Crippen LogP contribution in [0.15, 0.2) is 88.7 Å². The van der Waals surface area contributed by atoms with Gasteiger partial charge in [0.15, 0.2) is 0 Å². The molecule has 6 heteroatoms. The largest absolute Gasteiger partial charge is 0.423 e. The van der Waals surface area contributed by atoms with Gasteiger partial charge in [-0.3, -0.25) is 9.59 Å². The summed E-state index contributed by atoms with van der Waals surface area (Å²) in [5.41, 5.74) is 1.73. The highest BCUT2D eigenvalue weighted by molar-refractivity contribution is 8.14. The zero-order valence-electron chi connectivity index (χ0n) is 16.1. The Labute approximate surface area is 178 Å². The van der Waals surface area contributed by atoms with E-state index in [9.17, 15) is 14.4 Å². The third kappa shape index (κ3) is 7.25. The zero-order chi connectivity index (χ0) is 21.4. The van der Waals surface area contributed by atoms with Crippen molar-refractivity contribution in [1.82, 2.24) is 0 Å². The summed E-state index contributed by atoms with van der Waals surface area (Å²) in [6, 6.07) is 14.0. The van der Waals surface area contributed by atoms with Crippen molar-refractivity contribution in [2.45, 2.75) is 23.6 Å². The van der Waals surface area contributed by atoms with Crippen molar-refractivity contribution < 1.29 is 19.1 Å². The highest BCUT2D eigenvalue weighted by atomic mass is 32.2. The van der Waals surface area contributed by atoms with E-state index >= 15 is 0 Å². The number of carbonyl (C=O) groups is 3. The van der Waals surface area contributed by atoms with E-state index in [1.54, 1.807) is 56.3 Å². The minimum Gasteiger partial charge on any atom is -0.423 e. The van der Waals surface area contributed by atoms with Crippen molar-refractivity contribution in [2.24, 2.45) is 0 Å². The molecule has 0 unspecified atom stereocenters. The maximum Gasteiger partial charge on any atom is 0.339 e. The summed E-state index contributed by atoms with van der Waals surface area (Å²) in [5, 5.41) is -0.228. The molecule has 0 amide bonds. The molecule has 0 spiro atoms. The maximum absolute atomic E-state index is 12.3. The van der Waals surface area contributed by atoms with Crippen molar-refractivity contribution in [3.63, 3.8) is 0 Å². The maximum atomic E-state index is 12.3. The van der Waals surface area contributed by atoms with Crippen molar-refractivity contribution in [1.29, 1.82) is 0 Å². The van der Waals surface area contributed by atoms with Gasteiger partial charge in [-0.15, -0.1) is 0 Å². The van der Waals surface area contributed by atoms with Crippen LogP contribution in [0.4, 0.5) is 0 Å². The topological polar surface area (TPSA) is 60.4 Å². The monoisotopic (exact) mass is 424 g/mol. The molecule has 0 saturated carbocycles. The molecule has 0 aliphatic carbocycles. The standard InChI is InChI=1S/C23H20O4S2/c1-5-21(24)28-19-10-6-17(7-11-19)14-16(4)22(25)27-18-8-12-20(13-9-18)29-23(26)15(2)3/h5-14H,1-2H2,3-4H3. The second kappa shape index (κ2) is 10.6. The van der Waals surface area contributed by atoms with Gasteiger partial charge in [-0.05, 0) is 97.1 Å². The van der Waals surface area contributed by atoms with Gasteiger partial charge in [-0.2, -0.15) is 0 Å². The Kier molecular flexibility index (Phi) is 8.24. The van der Waals surface area contributed by atoms with Crippen LogP contribution >= 0.6 is 23.5 Å². The lowest BCUT2D eigenvalue weighted by atomic mass is 10.1. The summed E-state index contributed by atoms with van der Waals surface area (Å²) in [7, 11) is 0. The molecule has 0 heterocycles. The Morgan fingerprint density at radius 1 is 0.897 bits per heavy atom. The SMILES string of the molecule is C=CC(=O)Sc1ccc(C=C(C)C(=O)Oc2ccc(SC(=O)C(=C)C)cc2)cc1. The van der Waals surface area contributed by atoms with Gasteiger partial charge in [-0.25, -0.2) is 4.79 Å². The zero-order valence-corrected chi connectivity index (χ0v) is 17.8. The molecule has 2 rings (SSSR count). The second-order valence-corrected chi connectivity index (χ2v) is 8.18. The van der Waals surface area contributed by atoms with Crippen LogP contribution in [0.2, 0.25) is 0 Å². The first kappa shape index (κ1) is 22.5. The Bertz CT molecular complexity index is 971. The summed E-state index contributed by atoms with van der Waals surface area (Å²) in [5.74, 6) is -0.0757. The molecule has 0 radical (unpaired) electrons. The number of ether oxygens (including phenoxy) is 1. The Hall–Kier alpha value is -2.83. The van der Waals surface area contributed by atoms with Gasteiger partial charge in [0, 0.05) is 15.4 Å². The van der Waals surface area contributed by atoms with E-state index in [1.807, 2.05) is 12.1 Å². The molecule has 2 aromatic carbocycles. The summed E-state index contributed by atoms with van der Waals surface area (Å²) in [6.07, 6.45) is 2.98. The number of hydrogen-bond acceptors (Lipinski definition) is 6. The fraction of sp³-hybridized carbons (Fsp3) is 0.0870. The van der Waals surface area contributed by atoms with E-state index in [0.29, 0.717) is 16.9 Å². The van der Waals surface area contributed by atoms with Gasteiger partial charge < -0.3 is 4.74 Å². The van der Waals surface area contributed by atoms with E-state index in [0.717, 1.165) is 38.9 Å². The predicted octanol–water partition coefficient (Wildman–Crippen LogP) is 5.70. The molecular weight excluding hydrogens is 404 g/mol. The first-order valence-electron chi connectivity index (χ1n) is 8.61. The van der Waals surface area contributed by atoms with Crippen LogP contribution < -0.4 is 4.74 Å². The van der Waals surface area contributed by atoms with Gasteiger partial charge in [0.25, 0.3) is 0 Å². The fourth-order valence-corrected chi connectivity index (χ4v) is 3.30. The summed E-state index contributed by atoms with van der Waals surface area (Å²) in [6.45, 7) is 10.4. The minimum atomic E-state index is -0.469. The Morgan fingerprint density at radius 2 is 1.45 bits per heavy atom. The molecule has 148 valence electrons. The third-order valence-corrected chi connectivity index (χ3v) is 5.48. The van der Waals surface area contributed by atoms with Crippen LogP contribution in [-0.4, -0.2) is 16.2 Å². The number of hydrogen-bond donors (Lipinski definition) is 0. The van der Waals surface area contributed by atoms with Crippen LogP contribution in [0, 0.1) is 0 Å². The van der Waals surface area contributed by atoms with Gasteiger partial charge in [0.1, 0.15) is 5.75 Å². The molecule has 29 heavy (non-hydrogen) atoms. The molecule has 0 atom stereocenters. The summed E-state index contributed by atoms with van der Waals surface area (Å²) < 4.78 is 5.37. The fourth-order valence-electron chi connectivity index (χ4n) is 2.06. The lowest BCUT2D eigenvalue weighted by molar-refractivity contribution is -0.130. The van der Waals surface area contributed by atoms with Crippen molar-refractivity contribution in [3.8, 4) is 5.75 Å². The second-order valence-electron chi connectivity index (χ2n) is 6.05. The Morgan fingerprint density at radius 3 is 2.00 bits per heavy atom. The number of esters is 1. The van der Waals surface area contributed by atoms with E-state index in [1.165, 1.54) is 6.08 Å². The van der Waals surface area contributed by atoms with Crippen LogP contribution in [0.1, 0.15) is 19.4 Å².